The fourth-order valence-corrected chi connectivity index (χ4v) is 3.90. The number of amides is 3. The van der Waals surface area contributed by atoms with Gasteiger partial charge in [0, 0.05) is 50.3 Å². The summed E-state index contributed by atoms with van der Waals surface area (Å²) in [7, 11) is 0. The molecular weight excluding hydrogens is 366 g/mol. The third-order valence-corrected chi connectivity index (χ3v) is 5.51. The van der Waals surface area contributed by atoms with Gasteiger partial charge in [-0.1, -0.05) is 24.3 Å². The first kappa shape index (κ1) is 19.2. The Bertz CT molecular complexity index is 923. The fraction of sp³-hybridized carbons (Fsp3) is 0.348. The van der Waals surface area contributed by atoms with Gasteiger partial charge < -0.3 is 15.1 Å². The number of anilines is 1. The van der Waals surface area contributed by atoms with Crippen molar-refractivity contribution in [1.82, 2.24) is 10.2 Å². The molecule has 2 aliphatic rings. The van der Waals surface area contributed by atoms with E-state index in [0.717, 1.165) is 42.7 Å². The van der Waals surface area contributed by atoms with Crippen LogP contribution in [0, 0.1) is 0 Å². The minimum absolute atomic E-state index is 0.140. The molecule has 3 amide bonds. The van der Waals surface area contributed by atoms with Crippen molar-refractivity contribution in [3.05, 3.63) is 65.2 Å². The van der Waals surface area contributed by atoms with Crippen LogP contribution in [0.25, 0.3) is 0 Å². The average molecular weight is 391 g/mol. The summed E-state index contributed by atoms with van der Waals surface area (Å²) < 4.78 is 0. The number of rotatable bonds is 6. The standard InChI is InChI=1S/C23H25N3O3/c27-21-6-2-12-25(21)16-18-4-1-5-19(14-18)23(29)24-15-17-8-10-20(11-9-17)26-13-3-7-22(26)28/h1,4-5,8-11,14H,2-3,6-7,12-13,15-16H2,(H,24,29). The Morgan fingerprint density at radius 3 is 2.34 bits per heavy atom. The number of likely N-dealkylation sites (tertiary alicyclic amines) is 1. The van der Waals surface area contributed by atoms with E-state index in [1.54, 1.807) is 11.0 Å². The Morgan fingerprint density at radius 2 is 1.66 bits per heavy atom. The van der Waals surface area contributed by atoms with Crippen molar-refractivity contribution in [2.75, 3.05) is 18.0 Å². The summed E-state index contributed by atoms with van der Waals surface area (Å²) in [5, 5.41) is 2.94. The number of carbonyl (C=O) groups excluding carboxylic acids is 3. The van der Waals surface area contributed by atoms with Crippen molar-refractivity contribution < 1.29 is 14.4 Å². The highest BCUT2D eigenvalue weighted by molar-refractivity contribution is 5.95. The highest BCUT2D eigenvalue weighted by Gasteiger charge is 2.22. The van der Waals surface area contributed by atoms with Gasteiger partial charge in [0.05, 0.1) is 0 Å². The lowest BCUT2D eigenvalue weighted by Crippen LogP contribution is -2.25. The lowest BCUT2D eigenvalue weighted by molar-refractivity contribution is -0.128. The van der Waals surface area contributed by atoms with Gasteiger partial charge in [-0.25, -0.2) is 0 Å². The van der Waals surface area contributed by atoms with E-state index in [1.807, 2.05) is 47.4 Å². The summed E-state index contributed by atoms with van der Waals surface area (Å²) in [6.45, 7) is 2.53. The third kappa shape index (κ3) is 4.47. The average Bonchev–Trinajstić information content (AvgIpc) is 3.35. The predicted molar refractivity (Wildman–Crippen MR) is 110 cm³/mol. The normalized spacial score (nSPS) is 16.6. The maximum Gasteiger partial charge on any atom is 0.251 e. The molecule has 29 heavy (non-hydrogen) atoms. The molecule has 0 unspecified atom stereocenters. The monoisotopic (exact) mass is 391 g/mol. The summed E-state index contributed by atoms with van der Waals surface area (Å²) >= 11 is 0. The molecule has 0 atom stereocenters. The van der Waals surface area contributed by atoms with E-state index in [-0.39, 0.29) is 17.7 Å². The first-order valence-electron chi connectivity index (χ1n) is 10.1. The van der Waals surface area contributed by atoms with E-state index in [9.17, 15) is 14.4 Å². The van der Waals surface area contributed by atoms with Crippen LogP contribution in [0.1, 0.15) is 47.2 Å². The molecule has 0 aliphatic carbocycles. The van der Waals surface area contributed by atoms with Crippen LogP contribution in [0.5, 0.6) is 0 Å². The van der Waals surface area contributed by atoms with Gasteiger partial charge in [0.1, 0.15) is 0 Å². The van der Waals surface area contributed by atoms with Gasteiger partial charge in [-0.2, -0.15) is 0 Å². The van der Waals surface area contributed by atoms with Crippen LogP contribution < -0.4 is 10.2 Å². The topological polar surface area (TPSA) is 69.7 Å². The van der Waals surface area contributed by atoms with Gasteiger partial charge in [-0.15, -0.1) is 0 Å². The summed E-state index contributed by atoms with van der Waals surface area (Å²) in [4.78, 5) is 39.8. The van der Waals surface area contributed by atoms with Crippen LogP contribution in [0.15, 0.2) is 48.5 Å². The zero-order valence-electron chi connectivity index (χ0n) is 16.4. The minimum atomic E-state index is -0.140. The van der Waals surface area contributed by atoms with E-state index >= 15 is 0 Å². The van der Waals surface area contributed by atoms with E-state index in [0.29, 0.717) is 31.5 Å². The highest BCUT2D eigenvalue weighted by atomic mass is 16.2. The van der Waals surface area contributed by atoms with Gasteiger partial charge in [0.25, 0.3) is 5.91 Å². The number of hydrogen-bond donors (Lipinski definition) is 1. The van der Waals surface area contributed by atoms with Crippen LogP contribution in [0.2, 0.25) is 0 Å². The maximum atomic E-state index is 12.5. The zero-order chi connectivity index (χ0) is 20.2. The molecule has 2 saturated heterocycles. The van der Waals surface area contributed by atoms with Gasteiger partial charge in [0.2, 0.25) is 11.8 Å². The van der Waals surface area contributed by atoms with Gasteiger partial charge in [-0.05, 0) is 48.2 Å². The molecule has 4 rings (SSSR count). The summed E-state index contributed by atoms with van der Waals surface area (Å²) in [6.07, 6.45) is 3.04. The molecule has 1 N–H and O–H groups in total. The highest BCUT2D eigenvalue weighted by Crippen LogP contribution is 2.21. The second kappa shape index (κ2) is 8.47. The Morgan fingerprint density at radius 1 is 0.897 bits per heavy atom. The smallest absolute Gasteiger partial charge is 0.251 e. The van der Waals surface area contributed by atoms with Crippen LogP contribution in [0.3, 0.4) is 0 Å². The van der Waals surface area contributed by atoms with Crippen LogP contribution in [0.4, 0.5) is 5.69 Å². The Labute approximate surface area is 170 Å². The second-order valence-corrected chi connectivity index (χ2v) is 7.62. The lowest BCUT2D eigenvalue weighted by Gasteiger charge is -2.16. The Hall–Kier alpha value is -3.15. The van der Waals surface area contributed by atoms with E-state index in [1.165, 1.54) is 0 Å². The third-order valence-electron chi connectivity index (χ3n) is 5.51. The molecule has 2 fully saturated rings. The molecule has 0 bridgehead atoms. The SMILES string of the molecule is O=C(NCc1ccc(N2CCCC2=O)cc1)c1cccc(CN2CCCC2=O)c1. The van der Waals surface area contributed by atoms with Crippen LogP contribution in [-0.2, 0) is 22.7 Å². The molecule has 2 aliphatic heterocycles. The fourth-order valence-electron chi connectivity index (χ4n) is 3.90. The molecule has 6 heteroatoms. The van der Waals surface area contributed by atoms with Gasteiger partial charge in [0.15, 0.2) is 0 Å². The van der Waals surface area contributed by atoms with Gasteiger partial charge >= 0.3 is 0 Å². The lowest BCUT2D eigenvalue weighted by atomic mass is 10.1. The van der Waals surface area contributed by atoms with Crippen molar-refractivity contribution in [3.8, 4) is 0 Å². The summed E-state index contributed by atoms with van der Waals surface area (Å²) in [6, 6.07) is 15.2. The van der Waals surface area contributed by atoms with E-state index in [4.69, 9.17) is 0 Å². The molecule has 0 radical (unpaired) electrons. The first-order chi connectivity index (χ1) is 14.1. The molecule has 2 heterocycles. The largest absolute Gasteiger partial charge is 0.348 e. The quantitative estimate of drug-likeness (QED) is 0.823. The predicted octanol–water partition coefficient (Wildman–Crippen LogP) is 2.87. The van der Waals surface area contributed by atoms with Crippen molar-refractivity contribution in [2.24, 2.45) is 0 Å². The molecule has 0 aromatic heterocycles. The second-order valence-electron chi connectivity index (χ2n) is 7.62. The molecule has 0 saturated carbocycles. The Balaban J connectivity index is 1.34. The number of benzene rings is 2. The van der Waals surface area contributed by atoms with Crippen LogP contribution in [-0.4, -0.2) is 35.7 Å². The number of carbonyl (C=O) groups is 3. The number of hydrogen-bond acceptors (Lipinski definition) is 3. The molecule has 0 spiro atoms. The maximum absolute atomic E-state index is 12.5. The number of nitrogens with zero attached hydrogens (tertiary/aromatic N) is 2. The van der Waals surface area contributed by atoms with Crippen LogP contribution >= 0.6 is 0 Å². The molecule has 2 aromatic rings. The van der Waals surface area contributed by atoms with Crippen molar-refractivity contribution >= 4 is 23.4 Å². The van der Waals surface area contributed by atoms with E-state index in [2.05, 4.69) is 5.32 Å². The number of nitrogens with one attached hydrogen (secondary N) is 1. The molecule has 6 nitrogen and oxygen atoms in total. The van der Waals surface area contributed by atoms with Crippen molar-refractivity contribution in [1.29, 1.82) is 0 Å². The summed E-state index contributed by atoms with van der Waals surface area (Å²) in [5.41, 5.74) is 3.44. The van der Waals surface area contributed by atoms with Crippen molar-refractivity contribution in [3.63, 3.8) is 0 Å². The minimum Gasteiger partial charge on any atom is -0.348 e. The summed E-state index contributed by atoms with van der Waals surface area (Å²) in [5.74, 6) is 0.207. The van der Waals surface area contributed by atoms with Gasteiger partial charge in [-0.3, -0.25) is 14.4 Å². The Kier molecular flexibility index (Phi) is 5.60. The molecular formula is C23H25N3O3. The first-order valence-corrected chi connectivity index (χ1v) is 10.1. The van der Waals surface area contributed by atoms with Crippen molar-refractivity contribution in [2.45, 2.75) is 38.8 Å². The molecule has 150 valence electrons. The zero-order valence-corrected chi connectivity index (χ0v) is 16.4. The molecule has 2 aromatic carbocycles. The van der Waals surface area contributed by atoms with E-state index < -0.39 is 0 Å².